The highest BCUT2D eigenvalue weighted by Crippen LogP contribution is 2.29. The maximum absolute atomic E-state index is 13.3. The Morgan fingerprint density at radius 2 is 2.08 bits per heavy atom. The number of nitrogens with zero attached hydrogens (tertiary/aromatic N) is 4. The van der Waals surface area contributed by atoms with Gasteiger partial charge in [0, 0.05) is 30.4 Å². The van der Waals surface area contributed by atoms with Gasteiger partial charge in [0.05, 0.1) is 18.5 Å². The molecule has 0 amide bonds. The highest BCUT2D eigenvalue weighted by Gasteiger charge is 2.23. The van der Waals surface area contributed by atoms with E-state index in [2.05, 4.69) is 20.1 Å². The fraction of sp³-hybridized carbons (Fsp3) is 0.250. The van der Waals surface area contributed by atoms with Crippen LogP contribution in [0.3, 0.4) is 0 Å². The average molecular weight is 349 g/mol. The first-order chi connectivity index (χ1) is 11.9. The lowest BCUT2D eigenvalue weighted by Gasteiger charge is -2.10. The quantitative estimate of drug-likeness (QED) is 0.453. The number of benzene rings is 1. The largest absolute Gasteiger partial charge is 0.457 e. The maximum Gasteiger partial charge on any atom is 0.316 e. The second-order valence-electron chi connectivity index (χ2n) is 5.14. The summed E-state index contributed by atoms with van der Waals surface area (Å²) >= 11 is 0. The Kier molecular flexibility index (Phi) is 6.07. The van der Waals surface area contributed by atoms with Gasteiger partial charge in [-0.05, 0) is 12.1 Å². The Balaban J connectivity index is 2.00. The Labute approximate surface area is 142 Å². The van der Waals surface area contributed by atoms with E-state index >= 15 is 0 Å². The van der Waals surface area contributed by atoms with Gasteiger partial charge in [-0.2, -0.15) is 5.10 Å². The SMILES string of the molecule is CC(F)(F)c1cccc(N=CC(COc2ncc(CO)cn2)=NN)c1. The normalized spacial score (nSPS) is 12.6. The molecule has 1 heterocycles. The second kappa shape index (κ2) is 8.25. The van der Waals surface area contributed by atoms with E-state index in [1.165, 1.54) is 36.8 Å². The molecule has 9 heteroatoms. The van der Waals surface area contributed by atoms with Crippen molar-refractivity contribution in [3.8, 4) is 6.01 Å². The fourth-order valence-electron chi connectivity index (χ4n) is 1.75. The number of hydrogen-bond donors (Lipinski definition) is 2. The zero-order valence-corrected chi connectivity index (χ0v) is 13.4. The molecule has 132 valence electrons. The number of aromatic nitrogens is 2. The molecule has 0 radical (unpaired) electrons. The van der Waals surface area contributed by atoms with Crippen LogP contribution in [-0.4, -0.2) is 33.6 Å². The van der Waals surface area contributed by atoms with Crippen LogP contribution in [0.4, 0.5) is 14.5 Å². The van der Waals surface area contributed by atoms with Crippen LogP contribution in [-0.2, 0) is 12.5 Å². The van der Waals surface area contributed by atoms with Crippen LogP contribution < -0.4 is 10.6 Å². The molecule has 0 saturated carbocycles. The number of aliphatic hydroxyl groups is 1. The van der Waals surface area contributed by atoms with Crippen LogP contribution in [0.2, 0.25) is 0 Å². The Hall–Kier alpha value is -2.94. The van der Waals surface area contributed by atoms with Crippen LogP contribution >= 0.6 is 0 Å². The van der Waals surface area contributed by atoms with Crippen molar-refractivity contribution in [2.24, 2.45) is 15.9 Å². The fourth-order valence-corrected chi connectivity index (χ4v) is 1.75. The Morgan fingerprint density at radius 1 is 1.36 bits per heavy atom. The Bertz CT molecular complexity index is 758. The van der Waals surface area contributed by atoms with Crippen LogP contribution in [0.15, 0.2) is 46.8 Å². The highest BCUT2D eigenvalue weighted by atomic mass is 19.3. The van der Waals surface area contributed by atoms with E-state index in [0.717, 1.165) is 6.92 Å². The van der Waals surface area contributed by atoms with Gasteiger partial charge >= 0.3 is 6.01 Å². The van der Waals surface area contributed by atoms with Crippen LogP contribution in [0.1, 0.15) is 18.1 Å². The van der Waals surface area contributed by atoms with Crippen LogP contribution in [0, 0.1) is 0 Å². The van der Waals surface area contributed by atoms with Gasteiger partial charge in [-0.3, -0.25) is 4.99 Å². The molecular weight excluding hydrogens is 332 g/mol. The standard InChI is InChI=1S/C16H17F2N5O2/c1-16(17,18)12-3-2-4-13(5-12)20-8-14(23-19)10-25-15-21-6-11(9-24)7-22-15/h2-8,24H,9-10,19H2,1H3. The van der Waals surface area contributed by atoms with Gasteiger partial charge in [-0.1, -0.05) is 12.1 Å². The number of hydrazone groups is 1. The molecule has 0 aliphatic rings. The smallest absolute Gasteiger partial charge is 0.316 e. The number of aliphatic hydroxyl groups excluding tert-OH is 1. The summed E-state index contributed by atoms with van der Waals surface area (Å²) in [6.07, 6.45) is 4.16. The molecule has 7 nitrogen and oxygen atoms in total. The topological polar surface area (TPSA) is 106 Å². The lowest BCUT2D eigenvalue weighted by Crippen LogP contribution is -2.16. The molecule has 0 atom stereocenters. The van der Waals surface area contributed by atoms with E-state index in [9.17, 15) is 8.78 Å². The van der Waals surface area contributed by atoms with Crippen molar-refractivity contribution in [3.63, 3.8) is 0 Å². The summed E-state index contributed by atoms with van der Waals surface area (Å²) in [5.74, 6) is 2.32. The molecule has 0 spiro atoms. The molecule has 0 saturated heterocycles. The minimum absolute atomic E-state index is 0.0535. The van der Waals surface area contributed by atoms with Crippen molar-refractivity contribution in [2.45, 2.75) is 19.5 Å². The first kappa shape index (κ1) is 18.4. The minimum atomic E-state index is -2.95. The van der Waals surface area contributed by atoms with E-state index in [1.54, 1.807) is 6.07 Å². The molecule has 0 fully saturated rings. The third-order valence-electron chi connectivity index (χ3n) is 3.09. The van der Waals surface area contributed by atoms with Gasteiger partial charge in [0.15, 0.2) is 0 Å². The number of halogens is 2. The van der Waals surface area contributed by atoms with Crippen LogP contribution in [0.25, 0.3) is 0 Å². The molecule has 0 aliphatic carbocycles. The number of hydrogen-bond acceptors (Lipinski definition) is 7. The van der Waals surface area contributed by atoms with Gasteiger partial charge in [0.1, 0.15) is 12.3 Å². The van der Waals surface area contributed by atoms with E-state index < -0.39 is 5.92 Å². The van der Waals surface area contributed by atoms with Gasteiger partial charge in [-0.25, -0.2) is 18.7 Å². The zero-order chi connectivity index (χ0) is 18.3. The highest BCUT2D eigenvalue weighted by molar-refractivity contribution is 6.31. The summed E-state index contributed by atoms with van der Waals surface area (Å²) in [5, 5.41) is 12.4. The van der Waals surface area contributed by atoms with Crippen molar-refractivity contribution >= 4 is 17.6 Å². The number of aliphatic imine (C=N–C) groups is 1. The summed E-state index contributed by atoms with van der Waals surface area (Å²) in [6, 6.07) is 5.76. The predicted molar refractivity (Wildman–Crippen MR) is 89.2 cm³/mol. The lowest BCUT2D eigenvalue weighted by molar-refractivity contribution is 0.0175. The third-order valence-corrected chi connectivity index (χ3v) is 3.09. The third kappa shape index (κ3) is 5.57. The molecule has 0 unspecified atom stereocenters. The average Bonchev–Trinajstić information content (AvgIpc) is 2.62. The maximum atomic E-state index is 13.3. The summed E-state index contributed by atoms with van der Waals surface area (Å²) in [7, 11) is 0. The predicted octanol–water partition coefficient (Wildman–Crippen LogP) is 2.18. The van der Waals surface area contributed by atoms with Gasteiger partial charge in [-0.15, -0.1) is 0 Å². The van der Waals surface area contributed by atoms with E-state index in [4.69, 9.17) is 15.7 Å². The number of ether oxygens (including phenoxy) is 1. The van der Waals surface area contributed by atoms with Gasteiger partial charge in [0.25, 0.3) is 5.92 Å². The Morgan fingerprint density at radius 3 is 2.68 bits per heavy atom. The first-order valence-electron chi connectivity index (χ1n) is 7.26. The number of rotatable bonds is 7. The molecule has 25 heavy (non-hydrogen) atoms. The van der Waals surface area contributed by atoms with E-state index in [-0.39, 0.29) is 30.5 Å². The molecule has 1 aromatic carbocycles. The van der Waals surface area contributed by atoms with Crippen molar-refractivity contribution < 1.29 is 18.6 Å². The number of alkyl halides is 2. The van der Waals surface area contributed by atoms with Crippen molar-refractivity contribution in [3.05, 3.63) is 47.8 Å². The first-order valence-corrected chi connectivity index (χ1v) is 7.26. The molecule has 1 aromatic heterocycles. The molecule has 0 aliphatic heterocycles. The van der Waals surface area contributed by atoms with Crippen molar-refractivity contribution in [1.82, 2.24) is 9.97 Å². The minimum Gasteiger partial charge on any atom is -0.457 e. The van der Waals surface area contributed by atoms with Gasteiger partial charge in [0.2, 0.25) is 0 Å². The molecular formula is C16H17F2N5O2. The molecule has 2 rings (SSSR count). The van der Waals surface area contributed by atoms with Gasteiger partial charge < -0.3 is 15.7 Å². The number of nitrogens with two attached hydrogens (primary N) is 1. The van der Waals surface area contributed by atoms with Crippen LogP contribution in [0.5, 0.6) is 6.01 Å². The molecule has 0 bridgehead atoms. The second-order valence-corrected chi connectivity index (χ2v) is 5.14. The summed E-state index contributed by atoms with van der Waals surface area (Å²) in [6.45, 7) is 0.596. The van der Waals surface area contributed by atoms with E-state index in [1.807, 2.05) is 0 Å². The van der Waals surface area contributed by atoms with Crippen molar-refractivity contribution in [2.75, 3.05) is 6.61 Å². The summed E-state index contributed by atoms with van der Waals surface area (Å²) in [5.41, 5.74) is 1.02. The summed E-state index contributed by atoms with van der Waals surface area (Å²) in [4.78, 5) is 11.9. The zero-order valence-electron chi connectivity index (χ0n) is 13.4. The van der Waals surface area contributed by atoms with E-state index in [0.29, 0.717) is 11.3 Å². The lowest BCUT2D eigenvalue weighted by atomic mass is 10.1. The molecule has 3 N–H and O–H groups in total. The molecule has 2 aromatic rings. The monoisotopic (exact) mass is 349 g/mol. The summed E-state index contributed by atoms with van der Waals surface area (Å²) < 4.78 is 31.9. The van der Waals surface area contributed by atoms with Crippen molar-refractivity contribution in [1.29, 1.82) is 0 Å².